The molecule has 0 saturated heterocycles. The highest BCUT2D eigenvalue weighted by atomic mass is 16.1. The van der Waals surface area contributed by atoms with Crippen LogP contribution in [0.5, 0.6) is 0 Å². The lowest BCUT2D eigenvalue weighted by Crippen LogP contribution is -2.39. The number of hydrogen-bond donors (Lipinski definition) is 1. The normalized spacial score (nSPS) is 22.9. The van der Waals surface area contributed by atoms with Gasteiger partial charge in [0.2, 0.25) is 0 Å². The Morgan fingerprint density at radius 2 is 1.88 bits per heavy atom. The van der Waals surface area contributed by atoms with E-state index < -0.39 is 0 Å². The van der Waals surface area contributed by atoms with E-state index in [2.05, 4.69) is 73.5 Å². The first-order valence-electron chi connectivity index (χ1n) is 9.58. The van der Waals surface area contributed by atoms with Gasteiger partial charge >= 0.3 is 0 Å². The Morgan fingerprint density at radius 3 is 2.46 bits per heavy atom. The monoisotopic (exact) mass is 350 g/mol. The van der Waals surface area contributed by atoms with Crippen LogP contribution in [0.2, 0.25) is 0 Å². The number of hydrogen-bond acceptors (Lipinski definition) is 2. The fourth-order valence-electron chi connectivity index (χ4n) is 3.71. The second-order valence-electron chi connectivity index (χ2n) is 8.24. The number of rotatable bonds is 3. The maximum absolute atomic E-state index is 12.1. The molecule has 0 radical (unpaired) electrons. The molecule has 26 heavy (non-hydrogen) atoms. The molecule has 1 aliphatic heterocycles. The van der Waals surface area contributed by atoms with Crippen LogP contribution in [0.1, 0.15) is 45.6 Å². The summed E-state index contributed by atoms with van der Waals surface area (Å²) < 4.78 is 0. The average Bonchev–Trinajstić information content (AvgIpc) is 2.67. The number of amides is 1. The van der Waals surface area contributed by atoms with Gasteiger partial charge in [0.1, 0.15) is 0 Å². The molecule has 3 nitrogen and oxygen atoms in total. The minimum absolute atomic E-state index is 0.0461. The highest BCUT2D eigenvalue weighted by molar-refractivity contribution is 5.96. The smallest absolute Gasteiger partial charge is 0.252 e. The summed E-state index contributed by atoms with van der Waals surface area (Å²) in [4.78, 5) is 14.4. The molecule has 0 fully saturated rings. The molecule has 1 aromatic rings. The molecule has 0 aromatic heterocycles. The molecule has 1 N–H and O–H groups in total. The van der Waals surface area contributed by atoms with Crippen LogP contribution in [0.15, 0.2) is 60.3 Å². The Kier molecular flexibility index (Phi) is 5.36. The van der Waals surface area contributed by atoms with Gasteiger partial charge in [0, 0.05) is 24.9 Å². The van der Waals surface area contributed by atoms with Crippen molar-refractivity contribution in [1.82, 2.24) is 5.32 Å². The molecular formula is C23H30N2O. The van der Waals surface area contributed by atoms with E-state index in [9.17, 15) is 4.79 Å². The van der Waals surface area contributed by atoms with Crippen LogP contribution in [0.25, 0.3) is 0 Å². The molecule has 3 rings (SSSR count). The third kappa shape index (κ3) is 3.92. The van der Waals surface area contributed by atoms with Gasteiger partial charge in [0.05, 0.1) is 11.6 Å². The number of carbonyl (C=O) groups is 1. The predicted molar refractivity (Wildman–Crippen MR) is 109 cm³/mol. The van der Waals surface area contributed by atoms with E-state index in [0.29, 0.717) is 11.5 Å². The van der Waals surface area contributed by atoms with Crippen molar-refractivity contribution in [3.05, 3.63) is 65.9 Å². The predicted octanol–water partition coefficient (Wildman–Crippen LogP) is 4.72. The van der Waals surface area contributed by atoms with Gasteiger partial charge in [0.25, 0.3) is 5.91 Å². The summed E-state index contributed by atoms with van der Waals surface area (Å²) in [6, 6.07) is 9.01. The maximum Gasteiger partial charge on any atom is 0.252 e. The van der Waals surface area contributed by atoms with Gasteiger partial charge in [0.15, 0.2) is 0 Å². The van der Waals surface area contributed by atoms with Crippen LogP contribution in [-0.2, 0) is 10.2 Å². The molecule has 1 aliphatic carbocycles. The Hall–Kier alpha value is -2.29. The first-order chi connectivity index (χ1) is 12.4. The van der Waals surface area contributed by atoms with Crippen LogP contribution in [0.4, 0.5) is 5.69 Å². The first kappa shape index (κ1) is 18.5. The summed E-state index contributed by atoms with van der Waals surface area (Å²) in [6.45, 7) is 6.68. The topological polar surface area (TPSA) is 32.3 Å². The van der Waals surface area contributed by atoms with Crippen LogP contribution in [0, 0.1) is 5.92 Å². The quantitative estimate of drug-likeness (QED) is 0.800. The molecule has 1 heterocycles. The summed E-state index contributed by atoms with van der Waals surface area (Å²) in [7, 11) is 1.68. The van der Waals surface area contributed by atoms with E-state index in [4.69, 9.17) is 0 Å². The highest BCUT2D eigenvalue weighted by Gasteiger charge is 2.28. The summed E-state index contributed by atoms with van der Waals surface area (Å²) in [5.74, 6) is 0.431. The van der Waals surface area contributed by atoms with E-state index >= 15 is 0 Å². The van der Waals surface area contributed by atoms with E-state index in [1.165, 1.54) is 24.8 Å². The van der Waals surface area contributed by atoms with Crippen LogP contribution >= 0.6 is 0 Å². The van der Waals surface area contributed by atoms with Gasteiger partial charge < -0.3 is 10.2 Å². The van der Waals surface area contributed by atoms with Gasteiger partial charge in [-0.05, 0) is 48.4 Å². The molecule has 0 spiro atoms. The Morgan fingerprint density at radius 1 is 1.15 bits per heavy atom. The van der Waals surface area contributed by atoms with Gasteiger partial charge in [-0.1, -0.05) is 51.1 Å². The van der Waals surface area contributed by atoms with Gasteiger partial charge in [-0.2, -0.15) is 0 Å². The molecule has 3 heteroatoms. The van der Waals surface area contributed by atoms with Crippen molar-refractivity contribution in [2.45, 2.75) is 51.5 Å². The molecule has 1 amide bonds. The zero-order chi connectivity index (χ0) is 18.7. The number of allylic oxidation sites excluding steroid dienone is 1. The molecule has 0 bridgehead atoms. The van der Waals surface area contributed by atoms with Gasteiger partial charge in [-0.25, -0.2) is 0 Å². The zero-order valence-electron chi connectivity index (χ0n) is 16.3. The summed E-state index contributed by atoms with van der Waals surface area (Å²) in [5, 5.41) is 2.73. The standard InChI is InChI=1S/C23H30N2O/c1-23(2,3)19-11-13-20(14-12-19)25-16-18(22(26)24-4)10-15-21(25)17-8-6-5-7-9-17/h6,8,10-17,21H,5,7,9H2,1-4H3,(H,24,26). The van der Waals surface area contributed by atoms with E-state index in [0.717, 1.165) is 5.69 Å². The fourth-order valence-corrected chi connectivity index (χ4v) is 3.71. The SMILES string of the molecule is CNC(=O)C1=CN(c2ccc(C(C)(C)C)cc2)C(C2C=CCCC2)C=C1. The van der Waals surface area contributed by atoms with Gasteiger partial charge in [-0.3, -0.25) is 4.79 Å². The van der Waals surface area contributed by atoms with Crippen molar-refractivity contribution in [1.29, 1.82) is 0 Å². The van der Waals surface area contributed by atoms with Crippen molar-refractivity contribution < 1.29 is 4.79 Å². The van der Waals surface area contributed by atoms with Crippen molar-refractivity contribution >= 4 is 11.6 Å². The second kappa shape index (κ2) is 7.53. The molecule has 2 atom stereocenters. The lowest BCUT2D eigenvalue weighted by atomic mass is 9.85. The number of nitrogens with one attached hydrogen (secondary N) is 1. The van der Waals surface area contributed by atoms with Crippen LogP contribution in [-0.4, -0.2) is 19.0 Å². The summed E-state index contributed by atoms with van der Waals surface area (Å²) >= 11 is 0. The van der Waals surface area contributed by atoms with Crippen LogP contribution in [0.3, 0.4) is 0 Å². The Balaban J connectivity index is 1.95. The van der Waals surface area contributed by atoms with E-state index in [1.807, 2.05) is 12.3 Å². The van der Waals surface area contributed by atoms with E-state index in [1.54, 1.807) is 7.05 Å². The molecular weight excluding hydrogens is 320 g/mol. The summed E-state index contributed by atoms with van der Waals surface area (Å²) in [5.41, 5.74) is 3.28. The lowest BCUT2D eigenvalue weighted by molar-refractivity contribution is -0.116. The molecule has 1 aromatic carbocycles. The van der Waals surface area contributed by atoms with Crippen molar-refractivity contribution in [3.8, 4) is 0 Å². The van der Waals surface area contributed by atoms with Crippen molar-refractivity contribution in [2.75, 3.05) is 11.9 Å². The minimum atomic E-state index is -0.0461. The van der Waals surface area contributed by atoms with Crippen molar-refractivity contribution in [2.24, 2.45) is 5.92 Å². The number of carbonyl (C=O) groups excluding carboxylic acids is 1. The summed E-state index contributed by atoms with van der Waals surface area (Å²) in [6.07, 6.45) is 14.4. The van der Waals surface area contributed by atoms with E-state index in [-0.39, 0.29) is 17.4 Å². The minimum Gasteiger partial charge on any atom is -0.355 e. The Bertz CT molecular complexity index is 734. The number of benzene rings is 1. The van der Waals surface area contributed by atoms with Gasteiger partial charge in [-0.15, -0.1) is 0 Å². The molecule has 0 saturated carbocycles. The zero-order valence-corrected chi connectivity index (χ0v) is 16.3. The third-order valence-corrected chi connectivity index (χ3v) is 5.32. The highest BCUT2D eigenvalue weighted by Crippen LogP contribution is 2.33. The third-order valence-electron chi connectivity index (χ3n) is 5.32. The average molecular weight is 351 g/mol. The lowest BCUT2D eigenvalue weighted by Gasteiger charge is -2.37. The number of likely N-dealkylation sites (N-methyl/N-ethyl adjacent to an activating group) is 1. The van der Waals surface area contributed by atoms with Crippen molar-refractivity contribution in [3.63, 3.8) is 0 Å². The maximum atomic E-state index is 12.1. The number of anilines is 1. The molecule has 2 unspecified atom stereocenters. The second-order valence-corrected chi connectivity index (χ2v) is 8.24. The fraction of sp³-hybridized carbons (Fsp3) is 0.435. The Labute approximate surface area is 157 Å². The first-order valence-corrected chi connectivity index (χ1v) is 9.58. The number of nitrogens with zero attached hydrogens (tertiary/aromatic N) is 1. The van der Waals surface area contributed by atoms with Crippen LogP contribution < -0.4 is 10.2 Å². The molecule has 2 aliphatic rings. The molecule has 138 valence electrons. The largest absolute Gasteiger partial charge is 0.355 e.